The number of carbonyl (C=O) groups is 1. The smallest absolute Gasteiger partial charge is 0.246 e. The summed E-state index contributed by atoms with van der Waals surface area (Å²) in [6.07, 6.45) is 6.78. The zero-order valence-corrected chi connectivity index (χ0v) is 24.8. The first-order chi connectivity index (χ1) is 21.1. The Morgan fingerprint density at radius 2 is 1.74 bits per heavy atom. The van der Waals surface area contributed by atoms with Crippen molar-refractivity contribution in [3.63, 3.8) is 0 Å². The zero-order valence-electron chi connectivity index (χ0n) is 24.8. The van der Waals surface area contributed by atoms with E-state index in [2.05, 4.69) is 14.9 Å². The second-order valence-corrected chi connectivity index (χ2v) is 10.5. The minimum absolute atomic E-state index is 0.0111. The molecule has 0 saturated carbocycles. The number of piperidine rings is 1. The highest BCUT2D eigenvalue weighted by Gasteiger charge is 2.28. The number of rotatable bonds is 13. The molecule has 2 N–H and O–H groups in total. The molecule has 226 valence electrons. The van der Waals surface area contributed by atoms with Gasteiger partial charge in [-0.25, -0.2) is 14.6 Å². The van der Waals surface area contributed by atoms with E-state index in [9.17, 15) is 4.79 Å². The van der Waals surface area contributed by atoms with Crippen LogP contribution in [0.3, 0.4) is 0 Å². The maximum absolute atomic E-state index is 13.2. The predicted octanol–water partition coefficient (Wildman–Crippen LogP) is 4.18. The number of ether oxygens (including phenoxy) is 3. The Balaban J connectivity index is 1.32. The van der Waals surface area contributed by atoms with E-state index < -0.39 is 0 Å². The number of likely N-dealkylation sites (tertiary alicyclic amines) is 1. The molecule has 1 fully saturated rings. The van der Waals surface area contributed by atoms with Crippen LogP contribution in [0.15, 0.2) is 73.1 Å². The van der Waals surface area contributed by atoms with Crippen LogP contribution < -0.4 is 10.5 Å². The van der Waals surface area contributed by atoms with Gasteiger partial charge in [-0.2, -0.15) is 5.10 Å². The standard InChI is InChI=1S/C32H39N7O4/c1-41-20-18-37(19-21-42-2)16-7-11-28(40)38-17-6-8-25(22-38)39-32-29(31(33)34-23-35-32)30(36-39)24-12-14-27(15-13-24)43-26-9-4-3-5-10-26/h3-5,7,9-15,23,25H,6,8,16-22H2,1-2H3,(H2,33,34,35)/b11-7+. The van der Waals surface area contributed by atoms with Gasteiger partial charge < -0.3 is 24.8 Å². The molecule has 2 aromatic heterocycles. The SMILES string of the molecule is COCCN(C/C=C/C(=O)N1CCCC(n2nc(-c3ccc(Oc4ccccc4)cc3)c3c(N)ncnc32)C1)CCOC. The number of para-hydroxylation sites is 1. The highest BCUT2D eigenvalue weighted by Crippen LogP contribution is 2.35. The highest BCUT2D eigenvalue weighted by molar-refractivity contribution is 5.98. The molecular weight excluding hydrogens is 546 g/mol. The predicted molar refractivity (Wildman–Crippen MR) is 166 cm³/mol. The van der Waals surface area contributed by atoms with Crippen LogP contribution in [0.2, 0.25) is 0 Å². The lowest BCUT2D eigenvalue weighted by molar-refractivity contribution is -0.127. The molecule has 1 aliphatic rings. The Bertz CT molecular complexity index is 1500. The monoisotopic (exact) mass is 585 g/mol. The number of nitrogen functional groups attached to an aromatic ring is 1. The topological polar surface area (TPSA) is 121 Å². The van der Waals surface area contributed by atoms with E-state index in [1.807, 2.05) is 70.3 Å². The first kappa shape index (κ1) is 30.1. The van der Waals surface area contributed by atoms with Crippen molar-refractivity contribution in [1.82, 2.24) is 29.5 Å². The lowest BCUT2D eigenvalue weighted by atomic mass is 10.1. The number of carbonyl (C=O) groups excluding carboxylic acids is 1. The number of hydrogen-bond acceptors (Lipinski definition) is 9. The lowest BCUT2D eigenvalue weighted by Crippen LogP contribution is -2.40. The fourth-order valence-corrected chi connectivity index (χ4v) is 5.26. The van der Waals surface area contributed by atoms with E-state index in [0.717, 1.165) is 43.0 Å². The summed E-state index contributed by atoms with van der Waals surface area (Å²) in [6, 6.07) is 17.3. The summed E-state index contributed by atoms with van der Waals surface area (Å²) in [7, 11) is 3.37. The van der Waals surface area contributed by atoms with Crippen molar-refractivity contribution in [3.8, 4) is 22.8 Å². The van der Waals surface area contributed by atoms with Gasteiger partial charge in [0.2, 0.25) is 5.91 Å². The van der Waals surface area contributed by atoms with Gasteiger partial charge in [0, 0.05) is 58.6 Å². The molecular formula is C32H39N7O4. The number of nitrogens with two attached hydrogens (primary N) is 1. The van der Waals surface area contributed by atoms with Gasteiger partial charge in [0.05, 0.1) is 24.6 Å². The van der Waals surface area contributed by atoms with E-state index in [-0.39, 0.29) is 11.9 Å². The molecule has 0 bridgehead atoms. The summed E-state index contributed by atoms with van der Waals surface area (Å²) < 4.78 is 18.3. The summed E-state index contributed by atoms with van der Waals surface area (Å²) in [6.45, 7) is 4.66. The Hall–Kier alpha value is -4.32. The van der Waals surface area contributed by atoms with Crippen molar-refractivity contribution in [2.45, 2.75) is 18.9 Å². The third kappa shape index (κ3) is 7.56. The second-order valence-electron chi connectivity index (χ2n) is 10.5. The van der Waals surface area contributed by atoms with Crippen LogP contribution in [0.1, 0.15) is 18.9 Å². The fourth-order valence-electron chi connectivity index (χ4n) is 5.26. The van der Waals surface area contributed by atoms with Crippen LogP contribution >= 0.6 is 0 Å². The molecule has 5 rings (SSSR count). The first-order valence-corrected chi connectivity index (χ1v) is 14.5. The van der Waals surface area contributed by atoms with Gasteiger partial charge in [0.1, 0.15) is 29.3 Å². The van der Waals surface area contributed by atoms with Crippen LogP contribution in [0.4, 0.5) is 5.82 Å². The number of benzene rings is 2. The molecule has 1 aliphatic heterocycles. The fraction of sp³-hybridized carbons (Fsp3) is 0.375. The number of methoxy groups -OCH3 is 2. The number of anilines is 1. The largest absolute Gasteiger partial charge is 0.457 e. The number of amides is 1. The minimum atomic E-state index is -0.0442. The summed E-state index contributed by atoms with van der Waals surface area (Å²) in [4.78, 5) is 26.1. The minimum Gasteiger partial charge on any atom is -0.457 e. The van der Waals surface area contributed by atoms with E-state index in [0.29, 0.717) is 55.4 Å². The van der Waals surface area contributed by atoms with Crippen molar-refractivity contribution in [1.29, 1.82) is 0 Å². The van der Waals surface area contributed by atoms with E-state index in [1.165, 1.54) is 6.33 Å². The Morgan fingerprint density at radius 1 is 1.02 bits per heavy atom. The molecule has 3 heterocycles. The van der Waals surface area contributed by atoms with Gasteiger partial charge >= 0.3 is 0 Å². The van der Waals surface area contributed by atoms with E-state index >= 15 is 0 Å². The average molecular weight is 586 g/mol. The molecule has 43 heavy (non-hydrogen) atoms. The van der Waals surface area contributed by atoms with Crippen molar-refractivity contribution in [3.05, 3.63) is 73.1 Å². The molecule has 1 atom stereocenters. The van der Waals surface area contributed by atoms with Gasteiger partial charge in [-0.1, -0.05) is 24.3 Å². The van der Waals surface area contributed by atoms with Crippen LogP contribution in [0.5, 0.6) is 11.5 Å². The van der Waals surface area contributed by atoms with E-state index in [4.69, 9.17) is 25.0 Å². The summed E-state index contributed by atoms with van der Waals surface area (Å²) in [5.41, 5.74) is 8.61. The molecule has 2 aromatic carbocycles. The molecule has 4 aromatic rings. The zero-order chi connectivity index (χ0) is 30.0. The average Bonchev–Trinajstić information content (AvgIpc) is 3.44. The maximum Gasteiger partial charge on any atom is 0.246 e. The number of nitrogens with zero attached hydrogens (tertiary/aromatic N) is 6. The molecule has 11 nitrogen and oxygen atoms in total. The highest BCUT2D eigenvalue weighted by atomic mass is 16.5. The van der Waals surface area contributed by atoms with E-state index in [1.54, 1.807) is 20.3 Å². The van der Waals surface area contributed by atoms with Crippen LogP contribution in [-0.4, -0.2) is 95.6 Å². The maximum atomic E-state index is 13.2. The quantitative estimate of drug-likeness (QED) is 0.230. The van der Waals surface area contributed by atoms with Crippen LogP contribution in [0, 0.1) is 0 Å². The molecule has 0 radical (unpaired) electrons. The Kier molecular flexibility index (Phi) is 10.3. The third-order valence-electron chi connectivity index (χ3n) is 7.53. The molecule has 0 spiro atoms. The molecule has 1 saturated heterocycles. The summed E-state index contributed by atoms with van der Waals surface area (Å²) in [5.74, 6) is 1.85. The van der Waals surface area contributed by atoms with Crippen LogP contribution in [-0.2, 0) is 14.3 Å². The van der Waals surface area contributed by atoms with Crippen molar-refractivity contribution >= 4 is 22.8 Å². The van der Waals surface area contributed by atoms with Gasteiger partial charge in [0.25, 0.3) is 0 Å². The molecule has 0 aliphatic carbocycles. The lowest BCUT2D eigenvalue weighted by Gasteiger charge is -2.32. The Morgan fingerprint density at radius 3 is 2.47 bits per heavy atom. The molecule has 11 heteroatoms. The summed E-state index contributed by atoms with van der Waals surface area (Å²) in [5, 5.41) is 5.70. The molecule has 1 unspecified atom stereocenters. The Labute approximate surface area is 251 Å². The van der Waals surface area contributed by atoms with Gasteiger partial charge in [-0.3, -0.25) is 9.69 Å². The first-order valence-electron chi connectivity index (χ1n) is 14.5. The van der Waals surface area contributed by atoms with Gasteiger partial charge in [0.15, 0.2) is 5.65 Å². The third-order valence-corrected chi connectivity index (χ3v) is 7.53. The van der Waals surface area contributed by atoms with Crippen molar-refractivity contribution < 1.29 is 19.0 Å². The normalized spacial score (nSPS) is 15.5. The number of fused-ring (bicyclic) bond motifs is 1. The van der Waals surface area contributed by atoms with Gasteiger partial charge in [-0.15, -0.1) is 0 Å². The molecule has 1 amide bonds. The van der Waals surface area contributed by atoms with Crippen molar-refractivity contribution in [2.75, 3.05) is 65.9 Å². The summed E-state index contributed by atoms with van der Waals surface area (Å²) >= 11 is 0. The number of aromatic nitrogens is 4. The van der Waals surface area contributed by atoms with Crippen LogP contribution in [0.25, 0.3) is 22.3 Å². The van der Waals surface area contributed by atoms with Crippen molar-refractivity contribution in [2.24, 2.45) is 0 Å². The number of hydrogen-bond donors (Lipinski definition) is 1. The van der Waals surface area contributed by atoms with Gasteiger partial charge in [-0.05, 0) is 49.2 Å². The second kappa shape index (κ2) is 14.7.